The minimum atomic E-state index is -0.261. The van der Waals surface area contributed by atoms with Crippen LogP contribution < -0.4 is 5.32 Å². The molecule has 25 heavy (non-hydrogen) atoms. The molecule has 1 aliphatic heterocycles. The van der Waals surface area contributed by atoms with Crippen molar-refractivity contribution in [3.8, 4) is 6.07 Å². The molecule has 3 rings (SSSR count). The lowest BCUT2D eigenvalue weighted by atomic mass is 10.1. The molecule has 1 aromatic heterocycles. The van der Waals surface area contributed by atoms with Gasteiger partial charge in [0.1, 0.15) is 6.61 Å². The second-order valence-corrected chi connectivity index (χ2v) is 5.92. The molecule has 2 aromatic rings. The Morgan fingerprint density at radius 1 is 1.40 bits per heavy atom. The summed E-state index contributed by atoms with van der Waals surface area (Å²) in [5, 5.41) is 15.5. The van der Waals surface area contributed by atoms with Crippen LogP contribution in [0.1, 0.15) is 33.8 Å². The lowest BCUT2D eigenvalue weighted by Gasteiger charge is -2.07. The fraction of sp³-hybridized carbons (Fsp3) is 0.389. The van der Waals surface area contributed by atoms with Crippen LogP contribution in [0.15, 0.2) is 34.9 Å². The number of carbonyl (C=O) groups excluding carboxylic acids is 1. The summed E-state index contributed by atoms with van der Waals surface area (Å²) in [6, 6.07) is 10.9. The number of nitrogens with zero attached hydrogens (tertiary/aromatic N) is 2. The zero-order chi connectivity index (χ0) is 17.5. The number of amides is 1. The average Bonchev–Trinajstić information content (AvgIpc) is 3.32. The molecule has 1 atom stereocenters. The average molecular weight is 341 g/mol. The van der Waals surface area contributed by atoms with E-state index in [0.717, 1.165) is 18.6 Å². The lowest BCUT2D eigenvalue weighted by Crippen LogP contribution is -2.29. The number of nitriles is 1. The molecule has 0 aliphatic carbocycles. The first-order chi connectivity index (χ1) is 12.2. The highest BCUT2D eigenvalue weighted by Crippen LogP contribution is 2.12. The van der Waals surface area contributed by atoms with Crippen molar-refractivity contribution in [3.63, 3.8) is 0 Å². The summed E-state index contributed by atoms with van der Waals surface area (Å²) >= 11 is 0. The first-order valence-electron chi connectivity index (χ1n) is 8.13. The number of hydrogen-bond acceptors (Lipinski definition) is 6. The van der Waals surface area contributed by atoms with Crippen LogP contribution in [0.4, 0.5) is 0 Å². The second-order valence-electron chi connectivity index (χ2n) is 5.92. The van der Waals surface area contributed by atoms with Crippen LogP contribution in [-0.4, -0.2) is 30.8 Å². The van der Waals surface area contributed by atoms with Gasteiger partial charge < -0.3 is 19.3 Å². The third-order valence-corrected chi connectivity index (χ3v) is 3.94. The van der Waals surface area contributed by atoms with E-state index in [2.05, 4.69) is 16.5 Å². The number of carbonyl (C=O) groups is 1. The smallest absolute Gasteiger partial charge is 0.273 e. The van der Waals surface area contributed by atoms with Gasteiger partial charge >= 0.3 is 0 Å². The maximum Gasteiger partial charge on any atom is 0.273 e. The monoisotopic (exact) mass is 341 g/mol. The van der Waals surface area contributed by atoms with E-state index in [0.29, 0.717) is 37.0 Å². The van der Waals surface area contributed by atoms with E-state index in [9.17, 15) is 4.79 Å². The summed E-state index contributed by atoms with van der Waals surface area (Å²) in [6.45, 7) is 2.56. The number of hydrogen-bond donors (Lipinski definition) is 1. The number of aromatic nitrogens is 1. The first kappa shape index (κ1) is 17.1. The van der Waals surface area contributed by atoms with E-state index in [1.807, 2.05) is 12.1 Å². The zero-order valence-electron chi connectivity index (χ0n) is 13.7. The largest absolute Gasteiger partial charge is 0.381 e. The van der Waals surface area contributed by atoms with Gasteiger partial charge in [-0.25, -0.2) is 0 Å². The van der Waals surface area contributed by atoms with E-state index in [1.54, 1.807) is 18.2 Å². The standard InChI is InChI=1S/C18H19N3O4/c19-8-13-2-1-3-14(6-13)10-24-12-16-7-17(21-25-16)18(22)20-9-15-4-5-23-11-15/h1-3,6-7,15H,4-5,9-12H2,(H,20,22). The highest BCUT2D eigenvalue weighted by Gasteiger charge is 2.18. The van der Waals surface area contributed by atoms with Gasteiger partial charge in [-0.2, -0.15) is 5.26 Å². The van der Waals surface area contributed by atoms with Crippen molar-refractivity contribution >= 4 is 5.91 Å². The Kier molecular flexibility index (Phi) is 5.77. The minimum Gasteiger partial charge on any atom is -0.381 e. The Morgan fingerprint density at radius 3 is 3.12 bits per heavy atom. The van der Waals surface area contributed by atoms with Crippen LogP contribution in [0.5, 0.6) is 0 Å². The molecule has 0 radical (unpaired) electrons. The Bertz CT molecular complexity index is 760. The zero-order valence-corrected chi connectivity index (χ0v) is 13.7. The molecule has 130 valence electrons. The Hall–Kier alpha value is -2.69. The SMILES string of the molecule is N#Cc1cccc(COCc2cc(C(=O)NCC3CCOC3)no2)c1. The van der Waals surface area contributed by atoms with Gasteiger partial charge in [0, 0.05) is 25.1 Å². The van der Waals surface area contributed by atoms with E-state index in [1.165, 1.54) is 0 Å². The molecule has 7 heteroatoms. The number of benzene rings is 1. The molecular formula is C18H19N3O4. The lowest BCUT2D eigenvalue weighted by molar-refractivity contribution is 0.0876. The van der Waals surface area contributed by atoms with Gasteiger partial charge in [-0.05, 0) is 24.1 Å². The maximum atomic E-state index is 12.0. The van der Waals surface area contributed by atoms with Crippen LogP contribution in [0.2, 0.25) is 0 Å². The molecule has 1 aromatic carbocycles. The van der Waals surface area contributed by atoms with Crippen molar-refractivity contribution in [2.45, 2.75) is 19.6 Å². The summed E-state index contributed by atoms with van der Waals surface area (Å²) in [5.41, 5.74) is 1.73. The quantitative estimate of drug-likeness (QED) is 0.827. The predicted octanol–water partition coefficient (Wildman–Crippen LogP) is 2.03. The van der Waals surface area contributed by atoms with Crippen LogP contribution in [-0.2, 0) is 22.7 Å². The van der Waals surface area contributed by atoms with Gasteiger partial charge in [0.05, 0.1) is 24.8 Å². The molecule has 2 heterocycles. The van der Waals surface area contributed by atoms with Crippen molar-refractivity contribution in [2.24, 2.45) is 5.92 Å². The Labute approximate surface area is 145 Å². The summed E-state index contributed by atoms with van der Waals surface area (Å²) in [5.74, 6) is 0.581. The van der Waals surface area contributed by atoms with Gasteiger partial charge in [-0.3, -0.25) is 4.79 Å². The molecule has 0 saturated carbocycles. The molecular weight excluding hydrogens is 322 g/mol. The number of ether oxygens (including phenoxy) is 2. The summed E-state index contributed by atoms with van der Waals surface area (Å²) in [4.78, 5) is 12.0. The van der Waals surface area contributed by atoms with E-state index >= 15 is 0 Å². The Balaban J connectivity index is 1.44. The van der Waals surface area contributed by atoms with Crippen molar-refractivity contribution in [3.05, 3.63) is 52.9 Å². The molecule has 1 amide bonds. The third-order valence-electron chi connectivity index (χ3n) is 3.94. The highest BCUT2D eigenvalue weighted by molar-refractivity contribution is 5.92. The van der Waals surface area contributed by atoms with Crippen molar-refractivity contribution in [1.29, 1.82) is 5.26 Å². The molecule has 0 bridgehead atoms. The van der Waals surface area contributed by atoms with Crippen molar-refractivity contribution in [2.75, 3.05) is 19.8 Å². The van der Waals surface area contributed by atoms with Crippen LogP contribution in [0, 0.1) is 17.2 Å². The molecule has 1 saturated heterocycles. The summed E-state index contributed by atoms with van der Waals surface area (Å²) < 4.78 is 16.0. The van der Waals surface area contributed by atoms with Gasteiger partial charge in [0.2, 0.25) is 0 Å². The topological polar surface area (TPSA) is 97.4 Å². The third kappa shape index (κ3) is 4.89. The Morgan fingerprint density at radius 2 is 2.32 bits per heavy atom. The normalized spacial score (nSPS) is 16.5. The molecule has 1 aliphatic rings. The number of rotatable bonds is 7. The second kappa shape index (κ2) is 8.42. The first-order valence-corrected chi connectivity index (χ1v) is 8.13. The number of nitrogens with one attached hydrogen (secondary N) is 1. The molecule has 1 unspecified atom stereocenters. The van der Waals surface area contributed by atoms with Crippen LogP contribution in [0.3, 0.4) is 0 Å². The molecule has 1 fully saturated rings. The van der Waals surface area contributed by atoms with Gasteiger partial charge in [0.25, 0.3) is 5.91 Å². The van der Waals surface area contributed by atoms with Crippen LogP contribution >= 0.6 is 0 Å². The molecule has 0 spiro atoms. The minimum absolute atomic E-state index is 0.202. The fourth-order valence-electron chi connectivity index (χ4n) is 2.56. The van der Waals surface area contributed by atoms with Crippen LogP contribution in [0.25, 0.3) is 0 Å². The fourth-order valence-corrected chi connectivity index (χ4v) is 2.56. The van der Waals surface area contributed by atoms with E-state index in [4.69, 9.17) is 19.3 Å². The van der Waals surface area contributed by atoms with E-state index in [-0.39, 0.29) is 18.2 Å². The summed E-state index contributed by atoms with van der Waals surface area (Å²) in [6.07, 6.45) is 0.963. The molecule has 1 N–H and O–H groups in total. The van der Waals surface area contributed by atoms with Gasteiger partial charge in [-0.15, -0.1) is 0 Å². The van der Waals surface area contributed by atoms with Gasteiger partial charge in [0.15, 0.2) is 11.5 Å². The predicted molar refractivity (Wildman–Crippen MR) is 87.4 cm³/mol. The van der Waals surface area contributed by atoms with E-state index < -0.39 is 0 Å². The maximum absolute atomic E-state index is 12.0. The van der Waals surface area contributed by atoms with Crippen molar-refractivity contribution < 1.29 is 18.8 Å². The molecule has 7 nitrogen and oxygen atoms in total. The summed E-state index contributed by atoms with van der Waals surface area (Å²) in [7, 11) is 0. The highest BCUT2D eigenvalue weighted by atomic mass is 16.5. The van der Waals surface area contributed by atoms with Gasteiger partial charge in [-0.1, -0.05) is 17.3 Å². The van der Waals surface area contributed by atoms with Crippen molar-refractivity contribution in [1.82, 2.24) is 10.5 Å².